The molecule has 1 aromatic heterocycles. The van der Waals surface area contributed by atoms with Crippen LogP contribution in [0.4, 0.5) is 5.69 Å². The zero-order valence-electron chi connectivity index (χ0n) is 17.9. The van der Waals surface area contributed by atoms with Gasteiger partial charge in [-0.3, -0.25) is 4.98 Å². The average Bonchev–Trinajstić information content (AvgIpc) is 2.84. The molecule has 32 heavy (non-hydrogen) atoms. The van der Waals surface area contributed by atoms with Gasteiger partial charge in [-0.15, -0.1) is 0 Å². The zero-order chi connectivity index (χ0) is 22.5. The standard InChI is InChI=1S/C26H24N2O4/c1-3-32-26(30)19-6-11-20(12-7-19)28-23(18-8-13-21(31-2)14-9-18)22-15-10-17-5-4-16-27-24(17)25(22)29/h4-16,23,28-29H,3H2,1-2H3/t23-/m0/s1. The number of esters is 1. The number of rotatable bonds is 7. The second kappa shape index (κ2) is 9.39. The Kier molecular flexibility index (Phi) is 6.22. The number of nitrogens with zero attached hydrogens (tertiary/aromatic N) is 1. The fourth-order valence-corrected chi connectivity index (χ4v) is 3.60. The van der Waals surface area contributed by atoms with Gasteiger partial charge in [0.05, 0.1) is 25.3 Å². The van der Waals surface area contributed by atoms with E-state index in [1.54, 1.807) is 32.4 Å². The molecule has 0 fully saturated rings. The third-order valence-electron chi connectivity index (χ3n) is 5.25. The Balaban J connectivity index is 1.73. The highest BCUT2D eigenvalue weighted by Crippen LogP contribution is 2.37. The summed E-state index contributed by atoms with van der Waals surface area (Å²) in [5, 5.41) is 15.4. The highest BCUT2D eigenvalue weighted by atomic mass is 16.5. The summed E-state index contributed by atoms with van der Waals surface area (Å²) in [6.45, 7) is 2.10. The van der Waals surface area contributed by atoms with E-state index in [1.165, 1.54) is 0 Å². The Morgan fingerprint density at radius 3 is 2.47 bits per heavy atom. The predicted molar refractivity (Wildman–Crippen MR) is 124 cm³/mol. The fourth-order valence-electron chi connectivity index (χ4n) is 3.60. The molecule has 0 aliphatic carbocycles. The summed E-state index contributed by atoms with van der Waals surface area (Å²) in [5.41, 5.74) is 3.44. The molecular formula is C26H24N2O4. The molecule has 0 unspecified atom stereocenters. The molecule has 4 rings (SSSR count). The summed E-state index contributed by atoms with van der Waals surface area (Å²) in [6.07, 6.45) is 1.66. The molecule has 0 amide bonds. The van der Waals surface area contributed by atoms with Gasteiger partial charge in [-0.2, -0.15) is 0 Å². The Hall–Kier alpha value is -4.06. The van der Waals surface area contributed by atoms with Crippen LogP contribution >= 0.6 is 0 Å². The van der Waals surface area contributed by atoms with Crippen LogP contribution in [0.3, 0.4) is 0 Å². The van der Waals surface area contributed by atoms with E-state index in [1.807, 2.05) is 60.7 Å². The van der Waals surface area contributed by atoms with E-state index in [0.717, 1.165) is 22.4 Å². The van der Waals surface area contributed by atoms with Gasteiger partial charge < -0.3 is 19.9 Å². The number of hydrogen-bond acceptors (Lipinski definition) is 6. The number of nitrogens with one attached hydrogen (secondary N) is 1. The van der Waals surface area contributed by atoms with Crippen LogP contribution in [0.25, 0.3) is 10.9 Å². The van der Waals surface area contributed by atoms with Crippen LogP contribution in [0.2, 0.25) is 0 Å². The number of carbonyl (C=O) groups excluding carboxylic acids is 1. The molecule has 4 aromatic rings. The zero-order valence-corrected chi connectivity index (χ0v) is 17.9. The first kappa shape index (κ1) is 21.2. The van der Waals surface area contributed by atoms with Crippen molar-refractivity contribution in [2.24, 2.45) is 0 Å². The molecule has 6 nitrogen and oxygen atoms in total. The normalized spacial score (nSPS) is 11.7. The van der Waals surface area contributed by atoms with Gasteiger partial charge in [0.15, 0.2) is 0 Å². The minimum Gasteiger partial charge on any atom is -0.505 e. The number of methoxy groups -OCH3 is 1. The first-order valence-electron chi connectivity index (χ1n) is 10.3. The van der Waals surface area contributed by atoms with Crippen LogP contribution in [0.15, 0.2) is 79.0 Å². The Morgan fingerprint density at radius 1 is 1.03 bits per heavy atom. The van der Waals surface area contributed by atoms with Crippen LogP contribution in [-0.2, 0) is 4.74 Å². The average molecular weight is 428 g/mol. The highest BCUT2D eigenvalue weighted by Gasteiger charge is 2.20. The number of fused-ring (bicyclic) bond motifs is 1. The number of ether oxygens (including phenoxy) is 2. The minimum absolute atomic E-state index is 0.125. The summed E-state index contributed by atoms with van der Waals surface area (Å²) in [7, 11) is 1.62. The number of pyridine rings is 1. The van der Waals surface area contributed by atoms with Crippen molar-refractivity contribution in [2.75, 3.05) is 19.0 Å². The lowest BCUT2D eigenvalue weighted by Gasteiger charge is -2.23. The molecule has 2 N–H and O–H groups in total. The largest absolute Gasteiger partial charge is 0.505 e. The summed E-state index contributed by atoms with van der Waals surface area (Å²) >= 11 is 0. The molecule has 0 spiro atoms. The molecule has 0 aliphatic heterocycles. The number of phenols is 1. The van der Waals surface area contributed by atoms with Crippen molar-refractivity contribution in [1.29, 1.82) is 0 Å². The number of aromatic hydroxyl groups is 1. The van der Waals surface area contributed by atoms with Gasteiger partial charge >= 0.3 is 5.97 Å². The fraction of sp³-hybridized carbons (Fsp3) is 0.154. The molecule has 0 bridgehead atoms. The lowest BCUT2D eigenvalue weighted by atomic mass is 9.95. The molecule has 1 heterocycles. The molecule has 1 atom stereocenters. The molecule has 0 saturated heterocycles. The van der Waals surface area contributed by atoms with Gasteiger partial charge in [-0.05, 0) is 55.0 Å². The van der Waals surface area contributed by atoms with E-state index < -0.39 is 0 Å². The topological polar surface area (TPSA) is 80.7 Å². The molecule has 3 aromatic carbocycles. The van der Waals surface area contributed by atoms with Gasteiger partial charge in [-0.1, -0.05) is 30.3 Å². The van der Waals surface area contributed by atoms with Crippen LogP contribution in [0, 0.1) is 0 Å². The van der Waals surface area contributed by atoms with Gasteiger partial charge in [-0.25, -0.2) is 4.79 Å². The van der Waals surface area contributed by atoms with E-state index in [4.69, 9.17) is 9.47 Å². The second-order valence-electron chi connectivity index (χ2n) is 7.23. The number of carbonyl (C=O) groups is 1. The molecular weight excluding hydrogens is 404 g/mol. The smallest absolute Gasteiger partial charge is 0.338 e. The van der Waals surface area contributed by atoms with Crippen LogP contribution in [0.5, 0.6) is 11.5 Å². The third kappa shape index (κ3) is 4.34. The quantitative estimate of drug-likeness (QED) is 0.388. The van der Waals surface area contributed by atoms with Crippen molar-refractivity contribution >= 4 is 22.6 Å². The van der Waals surface area contributed by atoms with Gasteiger partial charge in [0.25, 0.3) is 0 Å². The lowest BCUT2D eigenvalue weighted by Crippen LogP contribution is -2.13. The lowest BCUT2D eigenvalue weighted by molar-refractivity contribution is 0.0526. The number of anilines is 1. The second-order valence-corrected chi connectivity index (χ2v) is 7.23. The third-order valence-corrected chi connectivity index (χ3v) is 5.25. The van der Waals surface area contributed by atoms with Crippen LogP contribution in [-0.4, -0.2) is 29.8 Å². The van der Waals surface area contributed by atoms with Crippen LogP contribution in [0.1, 0.15) is 34.5 Å². The Morgan fingerprint density at radius 2 is 1.78 bits per heavy atom. The van der Waals surface area contributed by atoms with E-state index >= 15 is 0 Å². The Labute approximate surface area is 186 Å². The van der Waals surface area contributed by atoms with Crippen molar-refractivity contribution in [3.63, 3.8) is 0 Å². The van der Waals surface area contributed by atoms with Gasteiger partial charge in [0.1, 0.15) is 17.0 Å². The molecule has 162 valence electrons. The number of phenolic OH excluding ortho intramolecular Hbond substituents is 1. The van der Waals surface area contributed by atoms with E-state index in [-0.39, 0.29) is 17.8 Å². The summed E-state index contributed by atoms with van der Waals surface area (Å²) in [4.78, 5) is 16.3. The van der Waals surface area contributed by atoms with E-state index in [9.17, 15) is 9.90 Å². The highest BCUT2D eigenvalue weighted by molar-refractivity contribution is 5.90. The maximum Gasteiger partial charge on any atom is 0.338 e. The maximum absolute atomic E-state index is 12.0. The summed E-state index contributed by atoms with van der Waals surface area (Å²) < 4.78 is 10.3. The number of aromatic nitrogens is 1. The monoisotopic (exact) mass is 428 g/mol. The minimum atomic E-state index is -0.360. The molecule has 6 heteroatoms. The van der Waals surface area contributed by atoms with E-state index in [2.05, 4.69) is 10.3 Å². The van der Waals surface area contributed by atoms with E-state index in [0.29, 0.717) is 23.3 Å². The predicted octanol–water partition coefficient (Wildman–Crippen LogP) is 5.33. The van der Waals surface area contributed by atoms with Crippen LogP contribution < -0.4 is 10.1 Å². The molecule has 0 aliphatic rings. The molecule has 0 radical (unpaired) electrons. The van der Waals surface area contributed by atoms with Crippen molar-refractivity contribution in [1.82, 2.24) is 4.98 Å². The maximum atomic E-state index is 12.0. The Bertz CT molecular complexity index is 1220. The summed E-state index contributed by atoms with van der Waals surface area (Å²) in [6, 6.07) is 22.0. The SMILES string of the molecule is CCOC(=O)c1ccc(N[C@@H](c2ccc(OC)cc2)c2ccc3cccnc3c2O)cc1. The number of benzene rings is 3. The molecule has 0 saturated carbocycles. The number of hydrogen-bond donors (Lipinski definition) is 2. The first-order chi connectivity index (χ1) is 15.6. The van der Waals surface area contributed by atoms with Crippen molar-refractivity contribution < 1.29 is 19.4 Å². The van der Waals surface area contributed by atoms with Gasteiger partial charge in [0.2, 0.25) is 0 Å². The first-order valence-corrected chi connectivity index (χ1v) is 10.3. The van der Waals surface area contributed by atoms with Crippen molar-refractivity contribution in [3.8, 4) is 11.5 Å². The van der Waals surface area contributed by atoms with Crippen molar-refractivity contribution in [2.45, 2.75) is 13.0 Å². The summed E-state index contributed by atoms with van der Waals surface area (Å²) in [5.74, 6) is 0.513. The van der Waals surface area contributed by atoms with Crippen molar-refractivity contribution in [3.05, 3.63) is 95.7 Å². The van der Waals surface area contributed by atoms with Gasteiger partial charge in [0, 0.05) is 22.8 Å².